The maximum absolute atomic E-state index is 5.96. The Kier molecular flexibility index (Phi) is 9.67. The van der Waals surface area contributed by atoms with Crippen LogP contribution in [-0.4, -0.2) is 43.6 Å². The molecule has 0 saturated carbocycles. The number of rotatable bonds is 8. The Bertz CT molecular complexity index is 4550. The first-order valence-electron chi connectivity index (χ1n) is 25.0. The van der Waals surface area contributed by atoms with Crippen molar-refractivity contribution < 1.29 is 0 Å². The molecule has 0 saturated heterocycles. The summed E-state index contributed by atoms with van der Waals surface area (Å²) >= 11 is 0. The molecule has 0 atom stereocenters. The molecule has 0 spiro atoms. The molecular formula is C66H41N9. The Hall–Kier alpha value is -10.4. The zero-order valence-corrected chi connectivity index (χ0v) is 40.2. The molecule has 7 aromatic heterocycles. The van der Waals surface area contributed by atoms with Crippen LogP contribution in [0.1, 0.15) is 0 Å². The summed E-state index contributed by atoms with van der Waals surface area (Å²) in [4.78, 5) is 31.0. The van der Waals surface area contributed by atoms with Gasteiger partial charge in [0.1, 0.15) is 5.82 Å². The van der Waals surface area contributed by atoms with E-state index in [0.717, 1.165) is 122 Å². The number of pyridine rings is 3. The van der Waals surface area contributed by atoms with Gasteiger partial charge in [-0.05, 0) is 66.2 Å². The van der Waals surface area contributed by atoms with E-state index in [1.54, 1.807) is 0 Å². The number of fused-ring (bicyclic) bond motifs is 9. The van der Waals surface area contributed by atoms with Crippen molar-refractivity contribution in [2.45, 2.75) is 0 Å². The highest BCUT2D eigenvalue weighted by molar-refractivity contribution is 6.13. The molecule has 15 aromatic rings. The molecule has 75 heavy (non-hydrogen) atoms. The zero-order chi connectivity index (χ0) is 49.4. The van der Waals surface area contributed by atoms with Gasteiger partial charge in [-0.25, -0.2) is 19.9 Å². The Morgan fingerprint density at radius 2 is 0.747 bits per heavy atom. The third-order valence-corrected chi connectivity index (χ3v) is 14.5. The standard InChI is InChI=1S/C66H41N9/c1-4-18-42(19-5-1)64-70-65(43-20-6-2-7-21-43)72-66(71-64)50-28-11-10-24-46(50)52-39-61(74-56-30-16-13-26-48(56)53-40-67-36-34-59(53)74)69-62(63(52)75-57-31-17-14-27-49(57)54-41-68-37-35-60(54)75)44-32-33-58-51(38-44)47-25-12-15-29-55(47)73(58)45-22-8-3-9-23-45/h1-41H. The van der Waals surface area contributed by atoms with Crippen LogP contribution in [0.5, 0.6) is 0 Å². The SMILES string of the molecule is c1ccc(-c2nc(-c3ccccc3)nc(-c3ccccc3-c3cc(-n4c5ccccc5c5cnccc54)nc(-c4ccc5c(c4)c4ccccc4n5-c4ccccc4)c3-n3c4ccccc4c4cnccc43)n2)cc1. The van der Waals surface area contributed by atoms with Gasteiger partial charge in [-0.1, -0.05) is 164 Å². The van der Waals surface area contributed by atoms with Crippen LogP contribution < -0.4 is 0 Å². The van der Waals surface area contributed by atoms with Gasteiger partial charge in [0, 0.05) is 90.6 Å². The number of benzene rings is 8. The first kappa shape index (κ1) is 42.3. The van der Waals surface area contributed by atoms with Gasteiger partial charge in [0.15, 0.2) is 17.5 Å². The molecule has 350 valence electrons. The van der Waals surface area contributed by atoms with Crippen LogP contribution in [0.15, 0.2) is 249 Å². The van der Waals surface area contributed by atoms with Crippen LogP contribution in [0, 0.1) is 0 Å². The van der Waals surface area contributed by atoms with Gasteiger partial charge < -0.3 is 9.13 Å². The first-order valence-corrected chi connectivity index (χ1v) is 25.0. The van der Waals surface area contributed by atoms with E-state index in [4.69, 9.17) is 19.9 Å². The third kappa shape index (κ3) is 6.79. The molecule has 0 fully saturated rings. The molecule has 0 aliphatic rings. The summed E-state index contributed by atoms with van der Waals surface area (Å²) in [6.45, 7) is 0. The van der Waals surface area contributed by atoms with Crippen molar-refractivity contribution in [3.05, 3.63) is 249 Å². The number of hydrogen-bond donors (Lipinski definition) is 0. The van der Waals surface area contributed by atoms with Gasteiger partial charge in [0.2, 0.25) is 0 Å². The lowest BCUT2D eigenvalue weighted by Crippen LogP contribution is -2.08. The highest BCUT2D eigenvalue weighted by Gasteiger charge is 2.27. The molecule has 9 nitrogen and oxygen atoms in total. The van der Waals surface area contributed by atoms with Crippen LogP contribution in [0.4, 0.5) is 0 Å². The van der Waals surface area contributed by atoms with Gasteiger partial charge in [-0.15, -0.1) is 0 Å². The second kappa shape index (κ2) is 17.1. The average Bonchev–Trinajstić information content (AvgIpc) is 4.18. The molecule has 15 rings (SSSR count). The average molecular weight is 960 g/mol. The molecule has 0 aliphatic heterocycles. The summed E-state index contributed by atoms with van der Waals surface area (Å²) in [6, 6.07) is 78.4. The Labute approximate surface area is 430 Å². The summed E-state index contributed by atoms with van der Waals surface area (Å²) < 4.78 is 7.02. The van der Waals surface area contributed by atoms with Gasteiger partial charge in [-0.2, -0.15) is 0 Å². The van der Waals surface area contributed by atoms with Gasteiger partial charge in [0.25, 0.3) is 0 Å². The summed E-state index contributed by atoms with van der Waals surface area (Å²) in [5.41, 5.74) is 14.5. The van der Waals surface area contributed by atoms with Crippen LogP contribution in [0.2, 0.25) is 0 Å². The van der Waals surface area contributed by atoms with Crippen LogP contribution in [0.3, 0.4) is 0 Å². The minimum Gasteiger partial charge on any atom is -0.309 e. The lowest BCUT2D eigenvalue weighted by Gasteiger charge is -2.22. The van der Waals surface area contributed by atoms with E-state index in [9.17, 15) is 0 Å². The highest BCUT2D eigenvalue weighted by atomic mass is 15.1. The smallest absolute Gasteiger partial charge is 0.164 e. The summed E-state index contributed by atoms with van der Waals surface area (Å²) in [5, 5.41) is 6.53. The molecule has 0 radical (unpaired) electrons. The fourth-order valence-corrected chi connectivity index (χ4v) is 11.2. The summed E-state index contributed by atoms with van der Waals surface area (Å²) in [5.74, 6) is 2.47. The van der Waals surface area contributed by atoms with E-state index in [2.05, 4.69) is 187 Å². The fourth-order valence-electron chi connectivity index (χ4n) is 11.2. The minimum atomic E-state index is 0.550. The normalized spacial score (nSPS) is 11.7. The van der Waals surface area contributed by atoms with Crippen molar-refractivity contribution in [2.75, 3.05) is 0 Å². The molecule has 7 heterocycles. The van der Waals surface area contributed by atoms with E-state index in [1.807, 2.05) is 85.5 Å². The minimum absolute atomic E-state index is 0.550. The Balaban J connectivity index is 1.11. The van der Waals surface area contributed by atoms with E-state index in [-0.39, 0.29) is 0 Å². The third-order valence-electron chi connectivity index (χ3n) is 14.5. The number of para-hydroxylation sites is 4. The van der Waals surface area contributed by atoms with E-state index in [0.29, 0.717) is 17.5 Å². The largest absolute Gasteiger partial charge is 0.309 e. The molecular weight excluding hydrogens is 919 g/mol. The lowest BCUT2D eigenvalue weighted by atomic mass is 9.94. The van der Waals surface area contributed by atoms with E-state index >= 15 is 0 Å². The first-order chi connectivity index (χ1) is 37.2. The Morgan fingerprint density at radius 3 is 1.37 bits per heavy atom. The predicted octanol–water partition coefficient (Wildman–Crippen LogP) is 15.7. The van der Waals surface area contributed by atoms with Crippen molar-refractivity contribution in [1.82, 2.24) is 43.6 Å². The lowest BCUT2D eigenvalue weighted by molar-refractivity contribution is 1.06. The van der Waals surface area contributed by atoms with Gasteiger partial charge in [-0.3, -0.25) is 14.5 Å². The monoisotopic (exact) mass is 959 g/mol. The van der Waals surface area contributed by atoms with Crippen LogP contribution >= 0.6 is 0 Å². The maximum Gasteiger partial charge on any atom is 0.164 e. The molecule has 0 unspecified atom stereocenters. The predicted molar refractivity (Wildman–Crippen MR) is 303 cm³/mol. The van der Waals surface area contributed by atoms with Crippen molar-refractivity contribution in [2.24, 2.45) is 0 Å². The van der Waals surface area contributed by atoms with Gasteiger partial charge in [0.05, 0.1) is 44.5 Å². The van der Waals surface area contributed by atoms with Crippen molar-refractivity contribution >= 4 is 65.4 Å². The van der Waals surface area contributed by atoms with Crippen LogP contribution in [0.25, 0.3) is 139 Å². The molecule has 0 amide bonds. The fraction of sp³-hybridized carbons (Fsp3) is 0. The second-order valence-electron chi connectivity index (χ2n) is 18.7. The number of aromatic nitrogens is 9. The molecule has 9 heteroatoms. The molecule has 0 aliphatic carbocycles. The number of nitrogens with zero attached hydrogens (tertiary/aromatic N) is 9. The molecule has 0 N–H and O–H groups in total. The zero-order valence-electron chi connectivity index (χ0n) is 40.2. The van der Waals surface area contributed by atoms with Gasteiger partial charge >= 0.3 is 0 Å². The summed E-state index contributed by atoms with van der Waals surface area (Å²) in [6.07, 6.45) is 7.67. The molecule has 0 bridgehead atoms. The van der Waals surface area contributed by atoms with E-state index in [1.165, 1.54) is 0 Å². The van der Waals surface area contributed by atoms with Crippen molar-refractivity contribution in [1.29, 1.82) is 0 Å². The summed E-state index contributed by atoms with van der Waals surface area (Å²) in [7, 11) is 0. The second-order valence-corrected chi connectivity index (χ2v) is 18.7. The van der Waals surface area contributed by atoms with Crippen molar-refractivity contribution in [3.8, 4) is 73.7 Å². The number of hydrogen-bond acceptors (Lipinski definition) is 6. The molecule has 8 aromatic carbocycles. The topological polar surface area (TPSA) is 92.1 Å². The highest BCUT2D eigenvalue weighted by Crippen LogP contribution is 2.46. The van der Waals surface area contributed by atoms with Crippen molar-refractivity contribution in [3.63, 3.8) is 0 Å². The maximum atomic E-state index is 5.96. The Morgan fingerprint density at radius 1 is 0.280 bits per heavy atom. The quantitative estimate of drug-likeness (QED) is 0.151. The van der Waals surface area contributed by atoms with Crippen LogP contribution in [-0.2, 0) is 0 Å². The van der Waals surface area contributed by atoms with E-state index < -0.39 is 0 Å².